The van der Waals surface area contributed by atoms with Gasteiger partial charge in [0.05, 0.1) is 43.0 Å². The number of likely N-dealkylation sites (tertiary alicyclic amines) is 2. The average molecular weight is 777 g/mol. The summed E-state index contributed by atoms with van der Waals surface area (Å²) in [5, 5.41) is 9.16. The van der Waals surface area contributed by atoms with E-state index >= 15 is 0 Å². The number of ether oxygens (including phenoxy) is 2. The minimum Gasteiger partial charge on any atom is -0.453 e. The van der Waals surface area contributed by atoms with Crippen molar-refractivity contribution in [3.05, 3.63) is 60.2 Å². The standard InChI is InChI=1S/C42H48N8O7/c1-21(2)33(47-41(53)55-5)39(51)49-15-7-9-30(49)28-18-24-11-12-25-19-32(57-37(25)35(24)44-28)29-17-23-13-14-27-36(26(23)20-43-29)46-38(45-27)31-10-8-16-50(31)40(52)34(22(3)4)48-42(54)56-6/h11-14,17-22,30-31,33-34,43-44H,7-10,15-16H2,1-6H3,(H,47,53)(H,48,54)/t30-,31-,33-,34-/m0/s1. The van der Waals surface area contributed by atoms with Crippen LogP contribution in [0.4, 0.5) is 9.59 Å². The molecule has 2 fully saturated rings. The molecule has 2 saturated heterocycles. The number of H-pyrrole nitrogens is 2. The molecule has 2 aliphatic rings. The number of hydrogen-bond donors (Lipinski definition) is 4. The number of imidazole rings is 1. The van der Waals surface area contributed by atoms with Crippen molar-refractivity contribution in [2.75, 3.05) is 27.3 Å². The van der Waals surface area contributed by atoms with Gasteiger partial charge in [0.1, 0.15) is 17.6 Å². The number of fused-ring (bicyclic) bond motifs is 6. The number of aromatic amines is 2. The van der Waals surface area contributed by atoms with Crippen molar-refractivity contribution in [2.45, 2.75) is 77.5 Å². The van der Waals surface area contributed by atoms with Crippen LogP contribution in [0.5, 0.6) is 0 Å². The van der Waals surface area contributed by atoms with Gasteiger partial charge in [-0.05, 0) is 67.2 Å². The Morgan fingerprint density at radius 2 is 1.40 bits per heavy atom. The maximum absolute atomic E-state index is 13.7. The molecule has 6 heterocycles. The molecular weight excluding hydrogens is 729 g/mol. The van der Waals surface area contributed by atoms with Crippen LogP contribution in [0.15, 0.2) is 53.1 Å². The predicted molar refractivity (Wildman–Crippen MR) is 214 cm³/mol. The van der Waals surface area contributed by atoms with Crippen LogP contribution in [0, 0.1) is 11.8 Å². The first-order valence-electron chi connectivity index (χ1n) is 19.6. The number of furan rings is 1. The number of nitrogens with one attached hydrogen (secondary N) is 4. The van der Waals surface area contributed by atoms with Gasteiger partial charge in [0.2, 0.25) is 11.8 Å². The number of carbonyl (C=O) groups excluding carboxylic acids is 4. The molecule has 0 radical (unpaired) electrons. The van der Waals surface area contributed by atoms with Crippen LogP contribution < -0.4 is 10.6 Å². The van der Waals surface area contributed by atoms with Crippen molar-refractivity contribution in [1.82, 2.24) is 40.4 Å². The van der Waals surface area contributed by atoms with Gasteiger partial charge in [0.15, 0.2) is 17.2 Å². The molecule has 2 aliphatic heterocycles. The number of methoxy groups -OCH3 is 2. The highest BCUT2D eigenvalue weighted by Crippen LogP contribution is 2.39. The highest BCUT2D eigenvalue weighted by molar-refractivity contribution is 6.06. The highest BCUT2D eigenvalue weighted by atomic mass is 16.5. The van der Waals surface area contributed by atoms with E-state index in [2.05, 4.69) is 32.7 Å². The molecule has 0 spiro atoms. The third-order valence-corrected chi connectivity index (χ3v) is 11.4. The van der Waals surface area contributed by atoms with Gasteiger partial charge in [-0.2, -0.15) is 0 Å². The number of pyridine rings is 1. The molecule has 4 N–H and O–H groups in total. The third kappa shape index (κ3) is 6.88. The topological polar surface area (TPSA) is 188 Å². The second kappa shape index (κ2) is 15.1. The molecule has 4 aromatic heterocycles. The lowest BCUT2D eigenvalue weighted by Crippen LogP contribution is -2.51. The van der Waals surface area contributed by atoms with Crippen molar-refractivity contribution in [2.24, 2.45) is 11.8 Å². The largest absolute Gasteiger partial charge is 0.453 e. The second-order valence-electron chi connectivity index (χ2n) is 15.7. The van der Waals surface area contributed by atoms with Crippen molar-refractivity contribution >= 4 is 67.7 Å². The molecule has 8 rings (SSSR count). The predicted octanol–water partition coefficient (Wildman–Crippen LogP) is 7.09. The normalized spacial score (nSPS) is 18.3. The lowest BCUT2D eigenvalue weighted by atomic mass is 10.0. The van der Waals surface area contributed by atoms with Gasteiger partial charge in [-0.25, -0.2) is 19.6 Å². The van der Waals surface area contributed by atoms with Crippen LogP contribution in [0.1, 0.15) is 77.0 Å². The Hall–Kier alpha value is -6.12. The first kappa shape index (κ1) is 37.8. The number of rotatable bonds is 9. The van der Waals surface area contributed by atoms with Crippen LogP contribution in [-0.2, 0) is 19.1 Å². The molecule has 298 valence electrons. The molecule has 57 heavy (non-hydrogen) atoms. The van der Waals surface area contributed by atoms with Gasteiger partial charge in [0.25, 0.3) is 0 Å². The summed E-state index contributed by atoms with van der Waals surface area (Å²) in [6, 6.07) is 12.3. The molecule has 2 aromatic carbocycles. The van der Waals surface area contributed by atoms with E-state index in [1.807, 2.05) is 69.1 Å². The van der Waals surface area contributed by atoms with Gasteiger partial charge in [-0.3, -0.25) is 9.59 Å². The van der Waals surface area contributed by atoms with Gasteiger partial charge in [-0.15, -0.1) is 0 Å². The van der Waals surface area contributed by atoms with E-state index in [0.29, 0.717) is 30.3 Å². The van der Waals surface area contributed by atoms with Crippen molar-refractivity contribution < 1.29 is 33.1 Å². The van der Waals surface area contributed by atoms with Crippen LogP contribution in [0.3, 0.4) is 0 Å². The summed E-state index contributed by atoms with van der Waals surface area (Å²) in [4.78, 5) is 72.0. The fourth-order valence-corrected chi connectivity index (χ4v) is 8.44. The van der Waals surface area contributed by atoms with E-state index in [1.54, 1.807) is 4.90 Å². The first-order chi connectivity index (χ1) is 27.4. The summed E-state index contributed by atoms with van der Waals surface area (Å²) in [6.07, 6.45) is 3.84. The van der Waals surface area contributed by atoms with Crippen LogP contribution in [0.25, 0.3) is 55.1 Å². The van der Waals surface area contributed by atoms with Crippen LogP contribution >= 0.6 is 0 Å². The Morgan fingerprint density at radius 1 is 0.789 bits per heavy atom. The number of nitrogens with zero attached hydrogens (tertiary/aromatic N) is 4. The molecule has 15 heteroatoms. The number of hydrogen-bond acceptors (Lipinski definition) is 9. The minimum absolute atomic E-state index is 0.114. The second-order valence-corrected chi connectivity index (χ2v) is 15.7. The van der Waals surface area contributed by atoms with Gasteiger partial charge in [0, 0.05) is 41.1 Å². The van der Waals surface area contributed by atoms with E-state index in [0.717, 1.165) is 75.2 Å². The summed E-state index contributed by atoms with van der Waals surface area (Å²) in [7, 11) is 2.58. The fraction of sp³-hybridized carbons (Fsp3) is 0.429. The fourth-order valence-electron chi connectivity index (χ4n) is 8.44. The van der Waals surface area contributed by atoms with Gasteiger partial charge >= 0.3 is 12.2 Å². The maximum atomic E-state index is 13.7. The Balaban J connectivity index is 1.06. The molecule has 0 saturated carbocycles. The quantitative estimate of drug-likeness (QED) is 0.119. The van der Waals surface area contributed by atoms with Gasteiger partial charge in [-0.1, -0.05) is 45.9 Å². The summed E-state index contributed by atoms with van der Waals surface area (Å²) in [5.41, 5.74) is 4.74. The first-order valence-corrected chi connectivity index (χ1v) is 19.6. The van der Waals surface area contributed by atoms with E-state index < -0.39 is 24.3 Å². The third-order valence-electron chi connectivity index (χ3n) is 11.4. The molecule has 4 atom stereocenters. The summed E-state index contributed by atoms with van der Waals surface area (Å²) < 4.78 is 16.1. The Morgan fingerprint density at radius 3 is 2.05 bits per heavy atom. The molecule has 6 aromatic rings. The number of benzene rings is 2. The van der Waals surface area contributed by atoms with Crippen LogP contribution in [-0.4, -0.2) is 93.1 Å². The molecule has 0 aliphatic carbocycles. The average Bonchev–Trinajstić information content (AvgIpc) is 4.05. The lowest BCUT2D eigenvalue weighted by molar-refractivity contribution is -0.136. The van der Waals surface area contributed by atoms with E-state index in [-0.39, 0.29) is 35.7 Å². The number of carbonyl (C=O) groups is 4. The molecule has 15 nitrogen and oxygen atoms in total. The zero-order valence-corrected chi connectivity index (χ0v) is 33.0. The van der Waals surface area contributed by atoms with Gasteiger partial charge < -0.3 is 44.3 Å². The zero-order valence-electron chi connectivity index (χ0n) is 33.0. The zero-order chi connectivity index (χ0) is 40.1. The van der Waals surface area contributed by atoms with E-state index in [1.165, 1.54) is 14.2 Å². The molecule has 0 bridgehead atoms. The van der Waals surface area contributed by atoms with E-state index in [4.69, 9.17) is 23.9 Å². The lowest BCUT2D eigenvalue weighted by Gasteiger charge is -2.30. The molecule has 4 amide bonds. The Labute approximate surface area is 328 Å². The number of alkyl carbamates (subject to hydrolysis) is 2. The van der Waals surface area contributed by atoms with Crippen LogP contribution in [0.2, 0.25) is 0 Å². The van der Waals surface area contributed by atoms with Crippen molar-refractivity contribution in [3.63, 3.8) is 0 Å². The summed E-state index contributed by atoms with van der Waals surface area (Å²) in [6.45, 7) is 8.75. The monoisotopic (exact) mass is 776 g/mol. The number of aromatic nitrogens is 4. The number of amides is 4. The highest BCUT2D eigenvalue weighted by Gasteiger charge is 2.39. The van der Waals surface area contributed by atoms with E-state index in [9.17, 15) is 19.2 Å². The maximum Gasteiger partial charge on any atom is 0.407 e. The summed E-state index contributed by atoms with van der Waals surface area (Å²) in [5.74, 6) is 0.700. The minimum atomic E-state index is -0.723. The molecular formula is C42H48N8O7. The summed E-state index contributed by atoms with van der Waals surface area (Å²) >= 11 is 0. The Kier molecular flexibility index (Phi) is 10.0. The van der Waals surface area contributed by atoms with Crippen molar-refractivity contribution in [1.29, 1.82) is 0 Å². The van der Waals surface area contributed by atoms with Crippen molar-refractivity contribution in [3.8, 4) is 11.5 Å². The smallest absolute Gasteiger partial charge is 0.407 e. The molecule has 0 unspecified atom stereocenters. The Bertz CT molecular complexity index is 2520. The SMILES string of the molecule is COC(=O)N[C@H](C(=O)N1CCC[C@H]1c1nc2ccc3cc(-c4cc5ccc6cc([C@@H]7CCCN7C(=O)[C@@H](NC(=O)OC)C(C)C)[nH]c6c5o4)[nH]cc3c2n1)C(C)C.